The van der Waals surface area contributed by atoms with E-state index >= 15 is 0 Å². The second-order valence-electron chi connectivity index (χ2n) is 6.44. The van der Waals surface area contributed by atoms with Crippen molar-refractivity contribution in [1.82, 2.24) is 5.32 Å². The highest BCUT2D eigenvalue weighted by Crippen LogP contribution is 2.33. The summed E-state index contributed by atoms with van der Waals surface area (Å²) in [5.41, 5.74) is 2.71. The first-order chi connectivity index (χ1) is 10.0. The predicted octanol–water partition coefficient (Wildman–Crippen LogP) is 5.13. The van der Waals surface area contributed by atoms with Gasteiger partial charge in [-0.25, -0.2) is 0 Å². The van der Waals surface area contributed by atoms with E-state index in [9.17, 15) is 0 Å². The normalized spacial score (nSPS) is 24.1. The molecular formula is C18H29BrN2. The number of benzene rings is 1. The van der Waals surface area contributed by atoms with Crippen molar-refractivity contribution in [2.24, 2.45) is 5.92 Å². The molecule has 0 aromatic heterocycles. The molecule has 2 rings (SSSR count). The van der Waals surface area contributed by atoms with Crippen molar-refractivity contribution in [3.8, 4) is 0 Å². The van der Waals surface area contributed by atoms with Crippen molar-refractivity contribution >= 4 is 21.6 Å². The molecule has 0 aliphatic carbocycles. The van der Waals surface area contributed by atoms with Gasteiger partial charge in [-0.15, -0.1) is 0 Å². The van der Waals surface area contributed by atoms with Crippen LogP contribution in [0.25, 0.3) is 0 Å². The highest BCUT2D eigenvalue weighted by atomic mass is 79.9. The van der Waals surface area contributed by atoms with Gasteiger partial charge in [-0.1, -0.05) is 35.8 Å². The molecule has 3 atom stereocenters. The molecule has 1 saturated heterocycles. The Balaban J connectivity index is 2.14. The average Bonchev–Trinajstić information content (AvgIpc) is 2.47. The third-order valence-electron chi connectivity index (χ3n) is 4.86. The van der Waals surface area contributed by atoms with Crippen LogP contribution in [-0.2, 0) is 0 Å². The molecule has 1 N–H and O–H groups in total. The lowest BCUT2D eigenvalue weighted by Crippen LogP contribution is -2.42. The monoisotopic (exact) mass is 352 g/mol. The van der Waals surface area contributed by atoms with Gasteiger partial charge in [-0.05, 0) is 63.3 Å². The standard InChI is InChI=1S/C18H29BrN2/c1-5-10-20-14(3)17-9-8-16(12-18(17)19)21-11-6-7-13(2)15(21)4/h8-9,12-15,20H,5-7,10-11H2,1-4H3. The minimum absolute atomic E-state index is 0.395. The Bertz CT molecular complexity index is 461. The quantitative estimate of drug-likeness (QED) is 0.789. The van der Waals surface area contributed by atoms with E-state index in [1.165, 1.54) is 41.5 Å². The van der Waals surface area contributed by atoms with Gasteiger partial charge in [-0.2, -0.15) is 0 Å². The van der Waals surface area contributed by atoms with Crippen molar-refractivity contribution in [2.75, 3.05) is 18.0 Å². The second-order valence-corrected chi connectivity index (χ2v) is 7.29. The SMILES string of the molecule is CCCNC(C)c1ccc(N2CCCC(C)C2C)cc1Br. The molecule has 1 aliphatic heterocycles. The van der Waals surface area contributed by atoms with E-state index in [4.69, 9.17) is 0 Å². The fourth-order valence-electron chi connectivity index (χ4n) is 3.22. The number of piperidine rings is 1. The average molecular weight is 353 g/mol. The van der Waals surface area contributed by atoms with Gasteiger partial charge in [0.1, 0.15) is 0 Å². The highest BCUT2D eigenvalue weighted by Gasteiger charge is 2.25. The van der Waals surface area contributed by atoms with E-state index in [2.05, 4.69) is 72.0 Å². The second kappa shape index (κ2) is 7.64. The Morgan fingerprint density at radius 2 is 2.14 bits per heavy atom. The smallest absolute Gasteiger partial charge is 0.0380 e. The molecule has 1 heterocycles. The van der Waals surface area contributed by atoms with Gasteiger partial charge in [0, 0.05) is 28.8 Å². The maximum absolute atomic E-state index is 3.77. The van der Waals surface area contributed by atoms with Gasteiger partial charge in [0.25, 0.3) is 0 Å². The topological polar surface area (TPSA) is 15.3 Å². The van der Waals surface area contributed by atoms with Gasteiger partial charge in [0.05, 0.1) is 0 Å². The van der Waals surface area contributed by atoms with Crippen LogP contribution in [-0.4, -0.2) is 19.1 Å². The van der Waals surface area contributed by atoms with E-state index in [-0.39, 0.29) is 0 Å². The van der Waals surface area contributed by atoms with Crippen LogP contribution in [0.15, 0.2) is 22.7 Å². The molecule has 0 spiro atoms. The van der Waals surface area contributed by atoms with Crippen LogP contribution in [0.4, 0.5) is 5.69 Å². The molecular weight excluding hydrogens is 324 g/mol. The lowest BCUT2D eigenvalue weighted by molar-refractivity contribution is 0.363. The van der Waals surface area contributed by atoms with Crippen LogP contribution in [0.1, 0.15) is 58.6 Å². The van der Waals surface area contributed by atoms with E-state index in [1.807, 2.05) is 0 Å². The van der Waals surface area contributed by atoms with Gasteiger partial charge < -0.3 is 10.2 Å². The van der Waals surface area contributed by atoms with Crippen LogP contribution < -0.4 is 10.2 Å². The van der Waals surface area contributed by atoms with Gasteiger partial charge in [-0.3, -0.25) is 0 Å². The summed E-state index contributed by atoms with van der Waals surface area (Å²) >= 11 is 3.77. The maximum Gasteiger partial charge on any atom is 0.0380 e. The van der Waals surface area contributed by atoms with Gasteiger partial charge in [0.15, 0.2) is 0 Å². The Hall–Kier alpha value is -0.540. The van der Waals surface area contributed by atoms with Crippen molar-refractivity contribution in [1.29, 1.82) is 0 Å². The van der Waals surface area contributed by atoms with Crippen LogP contribution in [0.3, 0.4) is 0 Å². The van der Waals surface area contributed by atoms with Gasteiger partial charge >= 0.3 is 0 Å². The van der Waals surface area contributed by atoms with E-state index < -0.39 is 0 Å². The van der Waals surface area contributed by atoms with Crippen LogP contribution in [0.2, 0.25) is 0 Å². The largest absolute Gasteiger partial charge is 0.369 e. The summed E-state index contributed by atoms with van der Waals surface area (Å²) in [6.45, 7) is 11.4. The number of anilines is 1. The molecule has 1 aromatic carbocycles. The first-order valence-electron chi connectivity index (χ1n) is 8.34. The van der Waals surface area contributed by atoms with Crippen molar-refractivity contribution in [3.63, 3.8) is 0 Å². The van der Waals surface area contributed by atoms with Crippen molar-refractivity contribution < 1.29 is 0 Å². The summed E-state index contributed by atoms with van der Waals surface area (Å²) in [5.74, 6) is 0.780. The number of hydrogen-bond acceptors (Lipinski definition) is 2. The van der Waals surface area contributed by atoms with E-state index in [0.29, 0.717) is 12.1 Å². The lowest BCUT2D eigenvalue weighted by atomic mass is 9.91. The fourth-order valence-corrected chi connectivity index (χ4v) is 3.93. The van der Waals surface area contributed by atoms with Crippen LogP contribution in [0.5, 0.6) is 0 Å². The summed E-state index contributed by atoms with van der Waals surface area (Å²) < 4.78 is 1.22. The molecule has 2 nitrogen and oxygen atoms in total. The fraction of sp³-hybridized carbons (Fsp3) is 0.667. The minimum atomic E-state index is 0.395. The minimum Gasteiger partial charge on any atom is -0.369 e. The maximum atomic E-state index is 3.77. The summed E-state index contributed by atoms with van der Waals surface area (Å²) in [6, 6.07) is 7.89. The summed E-state index contributed by atoms with van der Waals surface area (Å²) in [7, 11) is 0. The molecule has 21 heavy (non-hydrogen) atoms. The zero-order chi connectivity index (χ0) is 15.4. The zero-order valence-corrected chi connectivity index (χ0v) is 15.4. The number of halogens is 1. The van der Waals surface area contributed by atoms with Crippen molar-refractivity contribution in [3.05, 3.63) is 28.2 Å². The molecule has 1 aliphatic rings. The molecule has 3 heteroatoms. The molecule has 0 amide bonds. The molecule has 3 unspecified atom stereocenters. The van der Waals surface area contributed by atoms with Crippen LogP contribution in [0, 0.1) is 5.92 Å². The third kappa shape index (κ3) is 4.01. The molecule has 0 radical (unpaired) electrons. The molecule has 0 saturated carbocycles. The number of nitrogens with zero attached hydrogens (tertiary/aromatic N) is 1. The Kier molecular flexibility index (Phi) is 6.12. The van der Waals surface area contributed by atoms with E-state index in [1.54, 1.807) is 0 Å². The van der Waals surface area contributed by atoms with Crippen molar-refractivity contribution in [2.45, 2.75) is 59.0 Å². The number of rotatable bonds is 5. The number of nitrogens with one attached hydrogen (secondary N) is 1. The number of hydrogen-bond donors (Lipinski definition) is 1. The van der Waals surface area contributed by atoms with E-state index in [0.717, 1.165) is 12.5 Å². The third-order valence-corrected chi connectivity index (χ3v) is 5.54. The Morgan fingerprint density at radius 3 is 2.81 bits per heavy atom. The highest BCUT2D eigenvalue weighted by molar-refractivity contribution is 9.10. The Labute approximate surface area is 138 Å². The Morgan fingerprint density at radius 1 is 1.38 bits per heavy atom. The molecule has 1 fully saturated rings. The molecule has 1 aromatic rings. The molecule has 118 valence electrons. The zero-order valence-electron chi connectivity index (χ0n) is 13.8. The lowest BCUT2D eigenvalue weighted by Gasteiger charge is -2.40. The summed E-state index contributed by atoms with van der Waals surface area (Å²) in [4.78, 5) is 2.56. The predicted molar refractivity (Wildman–Crippen MR) is 96.1 cm³/mol. The first kappa shape index (κ1) is 16.8. The van der Waals surface area contributed by atoms with Crippen LogP contribution >= 0.6 is 15.9 Å². The first-order valence-corrected chi connectivity index (χ1v) is 9.13. The van der Waals surface area contributed by atoms with Gasteiger partial charge in [0.2, 0.25) is 0 Å². The summed E-state index contributed by atoms with van der Waals surface area (Å²) in [6.07, 6.45) is 3.83. The summed E-state index contributed by atoms with van der Waals surface area (Å²) in [5, 5.41) is 3.56. The molecule has 0 bridgehead atoms.